The Morgan fingerprint density at radius 1 is 1.10 bits per heavy atom. The Hall–Kier alpha value is -3.12. The Bertz CT molecular complexity index is 1040. The molecule has 0 aliphatic rings. The number of nitrogens with one attached hydrogen (secondary N) is 1. The first-order valence-electron chi connectivity index (χ1n) is 9.40. The average Bonchev–Trinajstić information content (AvgIpc) is 3.03. The summed E-state index contributed by atoms with van der Waals surface area (Å²) in [5, 5.41) is 3.64. The molecule has 0 unspecified atom stereocenters. The van der Waals surface area contributed by atoms with Crippen molar-refractivity contribution in [3.05, 3.63) is 64.4 Å². The molecule has 1 atom stereocenters. The zero-order valence-corrected chi connectivity index (χ0v) is 17.3. The molecule has 3 rings (SSSR count). The van der Waals surface area contributed by atoms with Gasteiger partial charge in [0.25, 0.3) is 5.91 Å². The summed E-state index contributed by atoms with van der Waals surface area (Å²) < 4.78 is 16.3. The molecule has 1 aromatic heterocycles. The number of hydrogen-bond donors (Lipinski definition) is 1. The second kappa shape index (κ2) is 8.49. The number of para-hydroxylation sites is 1. The molecule has 3 aromatic rings. The second-order valence-electron chi connectivity index (χ2n) is 7.15. The van der Waals surface area contributed by atoms with Crippen LogP contribution in [0.25, 0.3) is 11.0 Å². The van der Waals surface area contributed by atoms with Crippen LogP contribution in [0.4, 0.5) is 5.69 Å². The highest BCUT2D eigenvalue weighted by molar-refractivity contribution is 6.00. The Balaban J connectivity index is 1.78. The van der Waals surface area contributed by atoms with E-state index in [9.17, 15) is 9.59 Å². The van der Waals surface area contributed by atoms with Gasteiger partial charge in [-0.2, -0.15) is 0 Å². The molecule has 29 heavy (non-hydrogen) atoms. The highest BCUT2D eigenvalue weighted by atomic mass is 16.6. The van der Waals surface area contributed by atoms with E-state index in [2.05, 4.69) is 5.32 Å². The van der Waals surface area contributed by atoms with Crippen LogP contribution in [-0.2, 0) is 20.9 Å². The maximum atomic E-state index is 12.7. The number of furan rings is 1. The fraction of sp³-hybridized carbons (Fsp3) is 0.304. The summed E-state index contributed by atoms with van der Waals surface area (Å²) in [6, 6.07) is 11.3. The van der Waals surface area contributed by atoms with E-state index in [1.807, 2.05) is 51.1 Å². The average molecular weight is 395 g/mol. The molecule has 0 spiro atoms. The standard InChI is InChI=1S/C23H25NO5/c1-13-10-14(2)20(15(3)11-13)24-22(25)16(4)28-23(26)21-18(12-27-5)17-8-6-7-9-19(17)29-21/h6-11,16H,12H2,1-5H3,(H,24,25)/t16-/m1/s1. The summed E-state index contributed by atoms with van der Waals surface area (Å²) in [6.45, 7) is 7.59. The molecule has 6 heteroatoms. The molecule has 6 nitrogen and oxygen atoms in total. The first-order chi connectivity index (χ1) is 13.8. The number of benzene rings is 2. The minimum Gasteiger partial charge on any atom is -0.449 e. The maximum absolute atomic E-state index is 12.7. The second-order valence-corrected chi connectivity index (χ2v) is 7.15. The Morgan fingerprint density at radius 3 is 2.41 bits per heavy atom. The molecule has 1 heterocycles. The highest BCUT2D eigenvalue weighted by Gasteiger charge is 2.26. The summed E-state index contributed by atoms with van der Waals surface area (Å²) in [7, 11) is 1.54. The van der Waals surface area contributed by atoms with Crippen LogP contribution < -0.4 is 5.32 Å². The number of aryl methyl sites for hydroxylation is 3. The quantitative estimate of drug-likeness (QED) is 0.613. The third-order valence-corrected chi connectivity index (χ3v) is 4.75. The molecule has 0 radical (unpaired) electrons. The van der Waals surface area contributed by atoms with Gasteiger partial charge in [0.15, 0.2) is 6.10 Å². The smallest absolute Gasteiger partial charge is 0.375 e. The summed E-state index contributed by atoms with van der Waals surface area (Å²) in [4.78, 5) is 25.3. The molecule has 1 N–H and O–H groups in total. The summed E-state index contributed by atoms with van der Waals surface area (Å²) in [5.74, 6) is -1.05. The zero-order valence-electron chi connectivity index (χ0n) is 17.3. The molecule has 152 valence electrons. The van der Waals surface area contributed by atoms with E-state index in [4.69, 9.17) is 13.9 Å². The molecule has 0 aliphatic carbocycles. The van der Waals surface area contributed by atoms with Gasteiger partial charge in [-0.15, -0.1) is 0 Å². The van der Waals surface area contributed by atoms with Gasteiger partial charge < -0.3 is 19.2 Å². The predicted octanol–water partition coefficient (Wildman–Crippen LogP) is 4.69. The van der Waals surface area contributed by atoms with Crippen molar-refractivity contribution in [1.29, 1.82) is 0 Å². The molecule has 0 aliphatic heterocycles. The van der Waals surface area contributed by atoms with Crippen molar-refractivity contribution in [3.8, 4) is 0 Å². The van der Waals surface area contributed by atoms with Crippen molar-refractivity contribution >= 4 is 28.5 Å². The van der Waals surface area contributed by atoms with Gasteiger partial charge in [0.2, 0.25) is 5.76 Å². The van der Waals surface area contributed by atoms with Crippen molar-refractivity contribution in [2.24, 2.45) is 0 Å². The van der Waals surface area contributed by atoms with Crippen LogP contribution in [0.2, 0.25) is 0 Å². The van der Waals surface area contributed by atoms with Crippen molar-refractivity contribution in [3.63, 3.8) is 0 Å². The summed E-state index contributed by atoms with van der Waals surface area (Å²) in [6.07, 6.45) is -0.994. The topological polar surface area (TPSA) is 77.8 Å². The predicted molar refractivity (Wildman–Crippen MR) is 111 cm³/mol. The van der Waals surface area contributed by atoms with Crippen molar-refractivity contribution in [2.45, 2.75) is 40.4 Å². The van der Waals surface area contributed by atoms with Gasteiger partial charge in [-0.25, -0.2) is 4.79 Å². The number of methoxy groups -OCH3 is 1. The van der Waals surface area contributed by atoms with E-state index in [0.717, 1.165) is 27.8 Å². The number of carbonyl (C=O) groups is 2. The molecular weight excluding hydrogens is 370 g/mol. The third-order valence-electron chi connectivity index (χ3n) is 4.75. The van der Waals surface area contributed by atoms with E-state index in [-0.39, 0.29) is 12.4 Å². The number of carbonyl (C=O) groups excluding carboxylic acids is 2. The minimum atomic E-state index is -0.994. The molecule has 0 saturated heterocycles. The van der Waals surface area contributed by atoms with E-state index in [0.29, 0.717) is 11.1 Å². The third kappa shape index (κ3) is 4.32. The van der Waals surface area contributed by atoms with Crippen molar-refractivity contribution in [2.75, 3.05) is 12.4 Å². The summed E-state index contributed by atoms with van der Waals surface area (Å²) in [5.41, 5.74) is 4.92. The Labute approximate surface area is 169 Å². The zero-order chi connectivity index (χ0) is 21.1. The first kappa shape index (κ1) is 20.6. The van der Waals surface area contributed by atoms with Gasteiger partial charge in [0.1, 0.15) is 5.58 Å². The van der Waals surface area contributed by atoms with Crippen LogP contribution in [-0.4, -0.2) is 25.1 Å². The number of amides is 1. The van der Waals surface area contributed by atoms with Crippen molar-refractivity contribution < 1.29 is 23.5 Å². The van der Waals surface area contributed by atoms with E-state index < -0.39 is 18.0 Å². The van der Waals surface area contributed by atoms with Gasteiger partial charge >= 0.3 is 5.97 Å². The lowest BCUT2D eigenvalue weighted by molar-refractivity contribution is -0.123. The lowest BCUT2D eigenvalue weighted by Gasteiger charge is -2.16. The Morgan fingerprint density at radius 2 is 1.76 bits per heavy atom. The normalized spacial score (nSPS) is 12.0. The van der Waals surface area contributed by atoms with E-state index in [1.54, 1.807) is 13.2 Å². The van der Waals surface area contributed by atoms with Crippen LogP contribution >= 0.6 is 0 Å². The molecule has 2 aromatic carbocycles. The van der Waals surface area contributed by atoms with Gasteiger partial charge in [0.05, 0.1) is 6.61 Å². The number of ether oxygens (including phenoxy) is 2. The van der Waals surface area contributed by atoms with Gasteiger partial charge in [-0.1, -0.05) is 35.9 Å². The number of anilines is 1. The van der Waals surface area contributed by atoms with E-state index in [1.165, 1.54) is 6.92 Å². The lowest BCUT2D eigenvalue weighted by atomic mass is 10.0. The molecule has 0 fully saturated rings. The minimum absolute atomic E-state index is 0.0513. The monoisotopic (exact) mass is 395 g/mol. The van der Waals surface area contributed by atoms with Crippen LogP contribution in [0.5, 0.6) is 0 Å². The summed E-state index contributed by atoms with van der Waals surface area (Å²) >= 11 is 0. The van der Waals surface area contributed by atoms with E-state index >= 15 is 0 Å². The van der Waals surface area contributed by atoms with Crippen LogP contribution in [0.3, 0.4) is 0 Å². The number of hydrogen-bond acceptors (Lipinski definition) is 5. The number of esters is 1. The molecule has 0 saturated carbocycles. The molecule has 0 bridgehead atoms. The molecular formula is C23H25NO5. The van der Waals surface area contributed by atoms with Crippen LogP contribution in [0.1, 0.15) is 39.7 Å². The number of rotatable bonds is 6. The van der Waals surface area contributed by atoms with Gasteiger partial charge in [-0.3, -0.25) is 4.79 Å². The van der Waals surface area contributed by atoms with Gasteiger partial charge in [-0.05, 0) is 44.9 Å². The fourth-order valence-corrected chi connectivity index (χ4v) is 3.42. The van der Waals surface area contributed by atoms with Gasteiger partial charge in [0, 0.05) is 23.7 Å². The fourth-order valence-electron chi connectivity index (χ4n) is 3.42. The van der Waals surface area contributed by atoms with Crippen LogP contribution in [0, 0.1) is 20.8 Å². The maximum Gasteiger partial charge on any atom is 0.375 e. The highest BCUT2D eigenvalue weighted by Crippen LogP contribution is 2.28. The Kier molecular flexibility index (Phi) is 6.03. The largest absolute Gasteiger partial charge is 0.449 e. The van der Waals surface area contributed by atoms with Crippen LogP contribution in [0.15, 0.2) is 40.8 Å². The lowest BCUT2D eigenvalue weighted by Crippen LogP contribution is -2.30. The number of fused-ring (bicyclic) bond motifs is 1. The van der Waals surface area contributed by atoms with Crippen molar-refractivity contribution in [1.82, 2.24) is 0 Å². The SMILES string of the molecule is COCc1c(C(=O)O[C@H](C)C(=O)Nc2c(C)cc(C)cc2C)oc2ccccc12. The molecule has 1 amide bonds. The first-order valence-corrected chi connectivity index (χ1v) is 9.40.